The molecule has 1 aliphatic rings. The van der Waals surface area contributed by atoms with Crippen LogP contribution >= 0.6 is 0 Å². The lowest BCUT2D eigenvalue weighted by Crippen LogP contribution is -2.40. The van der Waals surface area contributed by atoms with E-state index in [-0.39, 0.29) is 36.7 Å². The Bertz CT molecular complexity index is 988. The van der Waals surface area contributed by atoms with Crippen LogP contribution in [-0.2, 0) is 29.6 Å². The van der Waals surface area contributed by atoms with E-state index >= 15 is 0 Å². The zero-order valence-corrected chi connectivity index (χ0v) is 15.7. The highest BCUT2D eigenvalue weighted by molar-refractivity contribution is 6.20. The summed E-state index contributed by atoms with van der Waals surface area (Å²) in [6.07, 6.45) is 4.73. The van der Waals surface area contributed by atoms with Crippen molar-refractivity contribution in [2.75, 3.05) is 6.54 Å². The van der Waals surface area contributed by atoms with Gasteiger partial charge in [0, 0.05) is 26.6 Å². The minimum absolute atomic E-state index is 0.0647. The molecule has 0 saturated carbocycles. The van der Waals surface area contributed by atoms with Crippen molar-refractivity contribution in [1.82, 2.24) is 24.0 Å². The van der Waals surface area contributed by atoms with E-state index in [4.69, 9.17) is 0 Å². The van der Waals surface area contributed by atoms with Crippen LogP contribution in [0.2, 0.25) is 0 Å². The number of imidazole rings is 2. The van der Waals surface area contributed by atoms with Crippen LogP contribution in [-0.4, -0.2) is 58.3 Å². The maximum Gasteiger partial charge on any atom is 0.342 e. The van der Waals surface area contributed by atoms with Crippen LogP contribution in [0.3, 0.4) is 0 Å². The molecule has 1 unspecified atom stereocenters. The fraction of sp³-hybridized carbons (Fsp3) is 0.412. The number of amides is 1. The fourth-order valence-electron chi connectivity index (χ4n) is 3.36. The summed E-state index contributed by atoms with van der Waals surface area (Å²) in [5.41, 5.74) is 0.393. The Morgan fingerprint density at radius 2 is 2.07 bits per heavy atom. The minimum Gasteiger partial charge on any atom is -0.509 e. The van der Waals surface area contributed by atoms with Gasteiger partial charge in [-0.15, -0.1) is 0 Å². The third kappa shape index (κ3) is 3.38. The van der Waals surface area contributed by atoms with Gasteiger partial charge in [-0.1, -0.05) is 0 Å². The number of aryl methyl sites for hydroxylation is 2. The molecular formula is C17H20N6O5. The Morgan fingerprint density at radius 1 is 1.36 bits per heavy atom. The quantitative estimate of drug-likeness (QED) is 0.418. The standard InChI is InChI=1S/C17H20N6O5/c1-10(24)15-16(25)13(6-12-8-20(3)9-19-12)22(17(15)26)5-4-21-11(2)18-7-14(21)23(27)28/h7-9,13,25H,4-6H2,1-3H3. The van der Waals surface area contributed by atoms with Gasteiger partial charge in [-0.2, -0.15) is 0 Å². The van der Waals surface area contributed by atoms with Gasteiger partial charge < -0.3 is 24.7 Å². The molecule has 0 fully saturated rings. The van der Waals surface area contributed by atoms with E-state index in [1.54, 1.807) is 31.1 Å². The topological polar surface area (TPSA) is 136 Å². The molecular weight excluding hydrogens is 368 g/mol. The summed E-state index contributed by atoms with van der Waals surface area (Å²) < 4.78 is 3.12. The van der Waals surface area contributed by atoms with Crippen LogP contribution in [0.1, 0.15) is 18.4 Å². The summed E-state index contributed by atoms with van der Waals surface area (Å²) in [5.74, 6) is -1.16. The Kier molecular flexibility index (Phi) is 4.99. The number of hydrogen-bond acceptors (Lipinski definition) is 7. The van der Waals surface area contributed by atoms with E-state index in [2.05, 4.69) is 9.97 Å². The molecule has 2 aromatic rings. The highest BCUT2D eigenvalue weighted by Crippen LogP contribution is 2.28. The van der Waals surface area contributed by atoms with Crippen molar-refractivity contribution in [3.63, 3.8) is 0 Å². The summed E-state index contributed by atoms with van der Waals surface area (Å²) in [6, 6.07) is -0.760. The second-order valence-electron chi connectivity index (χ2n) is 6.64. The molecule has 0 spiro atoms. The van der Waals surface area contributed by atoms with Gasteiger partial charge in [-0.05, 0) is 11.8 Å². The summed E-state index contributed by atoms with van der Waals surface area (Å²) in [5, 5.41) is 21.7. The number of nitro groups is 1. The number of rotatable bonds is 7. The van der Waals surface area contributed by atoms with Crippen molar-refractivity contribution in [2.45, 2.75) is 32.9 Å². The molecule has 1 atom stereocenters. The van der Waals surface area contributed by atoms with E-state index in [0.717, 1.165) is 6.20 Å². The van der Waals surface area contributed by atoms with Crippen LogP contribution in [0, 0.1) is 17.0 Å². The molecule has 11 nitrogen and oxygen atoms in total. The normalized spacial score (nSPS) is 16.9. The number of ketones is 1. The van der Waals surface area contributed by atoms with E-state index < -0.39 is 22.7 Å². The number of Topliss-reactive ketones (excluding diaryl/α,β-unsaturated/α-hetero) is 1. The Balaban J connectivity index is 1.87. The van der Waals surface area contributed by atoms with Crippen LogP contribution in [0.5, 0.6) is 0 Å². The van der Waals surface area contributed by atoms with Crippen LogP contribution in [0.15, 0.2) is 30.1 Å². The molecule has 11 heteroatoms. The Labute approximate surface area is 160 Å². The second-order valence-corrected chi connectivity index (χ2v) is 6.64. The first kappa shape index (κ1) is 19.3. The summed E-state index contributed by atoms with van der Waals surface area (Å²) >= 11 is 0. The van der Waals surface area contributed by atoms with E-state index in [1.165, 1.54) is 16.4 Å². The molecule has 0 bridgehead atoms. The van der Waals surface area contributed by atoms with Gasteiger partial charge in [-0.3, -0.25) is 9.59 Å². The lowest BCUT2D eigenvalue weighted by atomic mass is 10.1. The number of carbonyl (C=O) groups excluding carboxylic acids is 2. The molecule has 3 heterocycles. The van der Waals surface area contributed by atoms with E-state index in [0.29, 0.717) is 11.5 Å². The molecule has 3 rings (SSSR count). The predicted octanol–water partition coefficient (Wildman–Crippen LogP) is 0.688. The lowest BCUT2D eigenvalue weighted by Gasteiger charge is -2.24. The van der Waals surface area contributed by atoms with Crippen LogP contribution in [0.4, 0.5) is 5.82 Å². The molecule has 1 aliphatic heterocycles. The lowest BCUT2D eigenvalue weighted by molar-refractivity contribution is -0.392. The Morgan fingerprint density at radius 3 is 2.64 bits per heavy atom. The average Bonchev–Trinajstić information content (AvgIpc) is 3.25. The first-order valence-electron chi connectivity index (χ1n) is 8.59. The van der Waals surface area contributed by atoms with Gasteiger partial charge >= 0.3 is 5.82 Å². The average molecular weight is 388 g/mol. The van der Waals surface area contributed by atoms with Crippen molar-refractivity contribution in [3.8, 4) is 0 Å². The zero-order valence-electron chi connectivity index (χ0n) is 15.7. The number of nitrogens with zero attached hydrogens (tertiary/aromatic N) is 6. The molecule has 2 aromatic heterocycles. The van der Waals surface area contributed by atoms with Crippen molar-refractivity contribution < 1.29 is 19.6 Å². The maximum absolute atomic E-state index is 12.7. The minimum atomic E-state index is -0.760. The third-order valence-electron chi connectivity index (χ3n) is 4.72. The number of aliphatic hydroxyl groups is 1. The van der Waals surface area contributed by atoms with Crippen molar-refractivity contribution in [1.29, 1.82) is 0 Å². The smallest absolute Gasteiger partial charge is 0.342 e. The first-order chi connectivity index (χ1) is 13.2. The van der Waals surface area contributed by atoms with Crippen molar-refractivity contribution in [3.05, 3.63) is 51.7 Å². The second kappa shape index (κ2) is 7.25. The monoisotopic (exact) mass is 388 g/mol. The number of carbonyl (C=O) groups is 2. The molecule has 0 saturated heterocycles. The molecule has 148 valence electrons. The van der Waals surface area contributed by atoms with Crippen LogP contribution < -0.4 is 0 Å². The highest BCUT2D eigenvalue weighted by Gasteiger charge is 2.41. The van der Waals surface area contributed by atoms with Gasteiger partial charge in [-0.25, -0.2) is 14.5 Å². The fourth-order valence-corrected chi connectivity index (χ4v) is 3.36. The largest absolute Gasteiger partial charge is 0.509 e. The molecule has 0 aliphatic carbocycles. The van der Waals surface area contributed by atoms with E-state index in [1.807, 2.05) is 0 Å². The summed E-state index contributed by atoms with van der Waals surface area (Å²) in [6.45, 7) is 3.01. The first-order valence-corrected chi connectivity index (χ1v) is 8.59. The summed E-state index contributed by atoms with van der Waals surface area (Å²) in [7, 11) is 1.80. The van der Waals surface area contributed by atoms with Crippen molar-refractivity contribution in [2.24, 2.45) is 7.05 Å². The molecule has 28 heavy (non-hydrogen) atoms. The zero-order chi connectivity index (χ0) is 20.6. The number of aliphatic hydroxyl groups excluding tert-OH is 1. The van der Waals surface area contributed by atoms with Gasteiger partial charge in [0.05, 0.1) is 24.6 Å². The maximum atomic E-state index is 12.7. The van der Waals surface area contributed by atoms with Gasteiger partial charge in [0.25, 0.3) is 5.91 Å². The molecule has 1 amide bonds. The molecule has 0 aromatic carbocycles. The van der Waals surface area contributed by atoms with Crippen molar-refractivity contribution >= 4 is 17.5 Å². The third-order valence-corrected chi connectivity index (χ3v) is 4.72. The van der Waals surface area contributed by atoms with E-state index in [9.17, 15) is 24.8 Å². The van der Waals surface area contributed by atoms with Gasteiger partial charge in [0.1, 0.15) is 24.1 Å². The van der Waals surface area contributed by atoms with Crippen LogP contribution in [0.25, 0.3) is 0 Å². The van der Waals surface area contributed by atoms with Gasteiger partial charge in [0.2, 0.25) is 0 Å². The van der Waals surface area contributed by atoms with Gasteiger partial charge in [0.15, 0.2) is 11.6 Å². The molecule has 0 radical (unpaired) electrons. The summed E-state index contributed by atoms with van der Waals surface area (Å²) in [4.78, 5) is 44.7. The SMILES string of the molecule is CC(=O)C1=C(O)C(Cc2cn(C)cn2)N(CCn2c([N+](=O)[O-])cnc2C)C1=O. The Hall–Kier alpha value is -3.50. The number of aromatic nitrogens is 4. The highest BCUT2D eigenvalue weighted by atomic mass is 16.6. The predicted molar refractivity (Wildman–Crippen MR) is 96.4 cm³/mol. The number of hydrogen-bond donors (Lipinski definition) is 1. The molecule has 1 N–H and O–H groups in total.